The van der Waals surface area contributed by atoms with Crippen LogP contribution in [0.15, 0.2) is 41.3 Å². The number of hydrogen-bond acceptors (Lipinski definition) is 5. The second kappa shape index (κ2) is 10.2. The Bertz CT molecular complexity index is 979. The van der Waals surface area contributed by atoms with E-state index in [1.54, 1.807) is 32.0 Å². The average molecular weight is 461 g/mol. The molecule has 158 valence electrons. The van der Waals surface area contributed by atoms with Gasteiger partial charge in [-0.2, -0.15) is 4.31 Å². The number of carbonyl (C=O) groups is 1. The summed E-state index contributed by atoms with van der Waals surface area (Å²) >= 11 is 12.1. The molecular formula is C19H22Cl2N2O5S. The van der Waals surface area contributed by atoms with Crippen LogP contribution in [-0.4, -0.2) is 45.4 Å². The largest absolute Gasteiger partial charge is 0.495 e. The van der Waals surface area contributed by atoms with Crippen molar-refractivity contribution in [1.82, 2.24) is 4.31 Å². The molecule has 0 aliphatic carbocycles. The number of nitrogens with one attached hydrogen (secondary N) is 1. The van der Waals surface area contributed by atoms with Crippen LogP contribution in [0, 0.1) is 0 Å². The van der Waals surface area contributed by atoms with Crippen molar-refractivity contribution in [3.05, 3.63) is 46.4 Å². The SMILES string of the molecule is CCN(CC)S(=O)(=O)c1ccc(OCC(=O)Nc2cc(Cl)ccc2OC)c(Cl)c1. The van der Waals surface area contributed by atoms with Gasteiger partial charge in [0, 0.05) is 18.1 Å². The summed E-state index contributed by atoms with van der Waals surface area (Å²) in [6, 6.07) is 8.95. The topological polar surface area (TPSA) is 84.9 Å². The summed E-state index contributed by atoms with van der Waals surface area (Å²) in [6.45, 7) is 3.88. The van der Waals surface area contributed by atoms with E-state index in [1.165, 1.54) is 29.6 Å². The first kappa shape index (κ1) is 23.3. The second-order valence-corrected chi connectivity index (χ2v) is 8.64. The van der Waals surface area contributed by atoms with Crippen LogP contribution in [0.1, 0.15) is 13.8 Å². The highest BCUT2D eigenvalue weighted by Crippen LogP contribution is 2.30. The quantitative estimate of drug-likeness (QED) is 0.609. The molecule has 1 amide bonds. The number of nitrogens with zero attached hydrogens (tertiary/aromatic N) is 1. The minimum absolute atomic E-state index is 0.0617. The monoisotopic (exact) mass is 460 g/mol. The molecule has 0 aliphatic rings. The fourth-order valence-corrected chi connectivity index (χ4v) is 4.54. The minimum Gasteiger partial charge on any atom is -0.495 e. The fourth-order valence-electron chi connectivity index (χ4n) is 2.58. The van der Waals surface area contributed by atoms with Crippen molar-refractivity contribution in [3.8, 4) is 11.5 Å². The van der Waals surface area contributed by atoms with E-state index in [0.29, 0.717) is 29.5 Å². The molecule has 0 bridgehead atoms. The van der Waals surface area contributed by atoms with Crippen molar-refractivity contribution in [2.24, 2.45) is 0 Å². The Labute approximate surface area is 180 Å². The van der Waals surface area contributed by atoms with Gasteiger partial charge in [-0.1, -0.05) is 37.0 Å². The van der Waals surface area contributed by atoms with E-state index in [0.717, 1.165) is 0 Å². The van der Waals surface area contributed by atoms with Gasteiger partial charge in [0.05, 0.1) is 22.7 Å². The van der Waals surface area contributed by atoms with Crippen molar-refractivity contribution in [2.45, 2.75) is 18.7 Å². The third kappa shape index (κ3) is 5.76. The molecule has 0 heterocycles. The van der Waals surface area contributed by atoms with Gasteiger partial charge in [0.2, 0.25) is 10.0 Å². The van der Waals surface area contributed by atoms with Crippen LogP contribution in [-0.2, 0) is 14.8 Å². The Balaban J connectivity index is 2.08. The number of anilines is 1. The standard InChI is InChI=1S/C19H22Cl2N2O5S/c1-4-23(5-2)29(25,26)14-7-9-17(15(21)11-14)28-12-19(24)22-16-10-13(20)6-8-18(16)27-3/h6-11H,4-5,12H2,1-3H3,(H,22,24). The zero-order valence-electron chi connectivity index (χ0n) is 16.2. The Hall–Kier alpha value is -2.00. The summed E-state index contributed by atoms with van der Waals surface area (Å²) in [4.78, 5) is 12.3. The van der Waals surface area contributed by atoms with E-state index >= 15 is 0 Å². The predicted octanol–water partition coefficient (Wildman–Crippen LogP) is 4.05. The van der Waals surface area contributed by atoms with Crippen LogP contribution in [0.2, 0.25) is 10.0 Å². The zero-order valence-corrected chi connectivity index (χ0v) is 18.6. The van der Waals surface area contributed by atoms with E-state index in [2.05, 4.69) is 5.32 Å². The zero-order chi connectivity index (χ0) is 21.6. The van der Waals surface area contributed by atoms with Gasteiger partial charge in [0.15, 0.2) is 6.61 Å². The first-order valence-electron chi connectivity index (χ1n) is 8.78. The molecule has 0 saturated carbocycles. The summed E-state index contributed by atoms with van der Waals surface area (Å²) < 4.78 is 37.0. The fraction of sp³-hybridized carbons (Fsp3) is 0.316. The molecule has 2 aromatic rings. The molecule has 0 aliphatic heterocycles. The molecule has 0 saturated heterocycles. The highest BCUT2D eigenvalue weighted by atomic mass is 35.5. The molecule has 10 heteroatoms. The van der Waals surface area contributed by atoms with Crippen LogP contribution in [0.25, 0.3) is 0 Å². The number of hydrogen-bond donors (Lipinski definition) is 1. The van der Waals surface area contributed by atoms with Gasteiger partial charge >= 0.3 is 0 Å². The van der Waals surface area contributed by atoms with Crippen LogP contribution < -0.4 is 14.8 Å². The Morgan fingerprint density at radius 2 is 1.72 bits per heavy atom. The Morgan fingerprint density at radius 1 is 1.07 bits per heavy atom. The molecule has 0 radical (unpaired) electrons. The number of halogens is 2. The Morgan fingerprint density at radius 3 is 2.31 bits per heavy atom. The summed E-state index contributed by atoms with van der Waals surface area (Å²) in [5.74, 6) is 0.187. The van der Waals surface area contributed by atoms with Gasteiger partial charge in [0.25, 0.3) is 5.91 Å². The lowest BCUT2D eigenvalue weighted by atomic mass is 10.3. The molecule has 0 fully saturated rings. The van der Waals surface area contributed by atoms with Gasteiger partial charge < -0.3 is 14.8 Å². The Kier molecular flexibility index (Phi) is 8.15. The summed E-state index contributed by atoms with van der Waals surface area (Å²) in [7, 11) is -2.16. The number of rotatable bonds is 9. The van der Waals surface area contributed by atoms with Gasteiger partial charge in [0.1, 0.15) is 11.5 Å². The lowest BCUT2D eigenvalue weighted by Gasteiger charge is -2.19. The van der Waals surface area contributed by atoms with Crippen molar-refractivity contribution in [3.63, 3.8) is 0 Å². The first-order valence-corrected chi connectivity index (χ1v) is 11.0. The van der Waals surface area contributed by atoms with E-state index in [4.69, 9.17) is 32.7 Å². The number of methoxy groups -OCH3 is 1. The average Bonchev–Trinajstić information content (AvgIpc) is 2.68. The maximum Gasteiger partial charge on any atom is 0.262 e. The third-order valence-corrected chi connectivity index (χ3v) is 6.62. The van der Waals surface area contributed by atoms with Crippen LogP contribution >= 0.6 is 23.2 Å². The highest BCUT2D eigenvalue weighted by Gasteiger charge is 2.22. The number of sulfonamides is 1. The smallest absolute Gasteiger partial charge is 0.262 e. The first-order chi connectivity index (χ1) is 13.7. The number of carbonyl (C=O) groups excluding carboxylic acids is 1. The van der Waals surface area contributed by atoms with Gasteiger partial charge in [-0.05, 0) is 36.4 Å². The van der Waals surface area contributed by atoms with Gasteiger partial charge in [-0.15, -0.1) is 0 Å². The number of ether oxygens (including phenoxy) is 2. The minimum atomic E-state index is -3.64. The van der Waals surface area contributed by atoms with Gasteiger partial charge in [-0.3, -0.25) is 4.79 Å². The maximum atomic E-state index is 12.6. The molecule has 29 heavy (non-hydrogen) atoms. The molecule has 0 spiro atoms. The summed E-state index contributed by atoms with van der Waals surface area (Å²) in [5.41, 5.74) is 0.403. The number of amides is 1. The summed E-state index contributed by atoms with van der Waals surface area (Å²) in [5, 5.41) is 3.17. The van der Waals surface area contributed by atoms with Crippen LogP contribution in [0.3, 0.4) is 0 Å². The molecule has 7 nitrogen and oxygen atoms in total. The second-order valence-electron chi connectivity index (χ2n) is 5.86. The van der Waals surface area contributed by atoms with Crippen molar-refractivity contribution < 1.29 is 22.7 Å². The summed E-state index contributed by atoms with van der Waals surface area (Å²) in [6.07, 6.45) is 0. The molecule has 1 N–H and O–H groups in total. The molecule has 2 rings (SSSR count). The predicted molar refractivity (Wildman–Crippen MR) is 114 cm³/mol. The lowest BCUT2D eigenvalue weighted by molar-refractivity contribution is -0.118. The normalized spacial score (nSPS) is 11.4. The molecule has 2 aromatic carbocycles. The molecule has 0 aromatic heterocycles. The van der Waals surface area contributed by atoms with Crippen molar-refractivity contribution in [2.75, 3.05) is 32.1 Å². The molecule has 0 atom stereocenters. The molecule has 0 unspecified atom stereocenters. The number of benzene rings is 2. The third-order valence-electron chi connectivity index (χ3n) is 4.04. The molecular weight excluding hydrogens is 439 g/mol. The van der Waals surface area contributed by atoms with Crippen molar-refractivity contribution in [1.29, 1.82) is 0 Å². The van der Waals surface area contributed by atoms with E-state index in [9.17, 15) is 13.2 Å². The highest BCUT2D eigenvalue weighted by molar-refractivity contribution is 7.89. The van der Waals surface area contributed by atoms with Crippen LogP contribution in [0.5, 0.6) is 11.5 Å². The van der Waals surface area contributed by atoms with E-state index < -0.39 is 15.9 Å². The lowest BCUT2D eigenvalue weighted by Crippen LogP contribution is -2.30. The van der Waals surface area contributed by atoms with Gasteiger partial charge in [-0.25, -0.2) is 8.42 Å². The van der Waals surface area contributed by atoms with Crippen LogP contribution in [0.4, 0.5) is 5.69 Å². The van der Waals surface area contributed by atoms with E-state index in [-0.39, 0.29) is 22.3 Å². The van der Waals surface area contributed by atoms with E-state index in [1.807, 2.05) is 0 Å². The maximum absolute atomic E-state index is 12.6. The van der Waals surface area contributed by atoms with Crippen molar-refractivity contribution >= 4 is 44.8 Å².